The van der Waals surface area contributed by atoms with Crippen molar-refractivity contribution in [3.8, 4) is 0 Å². The Balaban J connectivity index is 1.68. The maximum absolute atomic E-state index is 12.6. The quantitative estimate of drug-likeness (QED) is 0.912. The summed E-state index contributed by atoms with van der Waals surface area (Å²) in [5, 5.41) is 3.11. The van der Waals surface area contributed by atoms with Crippen LogP contribution in [0.2, 0.25) is 0 Å². The molecule has 0 saturated carbocycles. The van der Waals surface area contributed by atoms with Crippen LogP contribution in [0, 0.1) is 0 Å². The highest BCUT2D eigenvalue weighted by molar-refractivity contribution is 5.94. The number of carbonyl (C=O) groups is 1. The Labute approximate surface area is 144 Å². The molecule has 0 aliphatic heterocycles. The molecule has 3 nitrogen and oxygen atoms in total. The van der Waals surface area contributed by atoms with Gasteiger partial charge in [-0.2, -0.15) is 0 Å². The van der Waals surface area contributed by atoms with Crippen LogP contribution in [0.4, 0.5) is 0 Å². The summed E-state index contributed by atoms with van der Waals surface area (Å²) in [7, 11) is 4.09. The van der Waals surface area contributed by atoms with Crippen LogP contribution in [0.5, 0.6) is 0 Å². The summed E-state index contributed by atoms with van der Waals surface area (Å²) in [5.41, 5.74) is 4.75. The van der Waals surface area contributed by atoms with E-state index in [9.17, 15) is 4.79 Å². The Morgan fingerprint density at radius 2 is 1.75 bits per heavy atom. The van der Waals surface area contributed by atoms with E-state index in [-0.39, 0.29) is 11.9 Å². The van der Waals surface area contributed by atoms with Gasteiger partial charge >= 0.3 is 0 Å². The molecular weight excluding hydrogens is 296 g/mol. The van der Waals surface area contributed by atoms with Crippen molar-refractivity contribution in [3.63, 3.8) is 0 Å². The summed E-state index contributed by atoms with van der Waals surface area (Å²) in [6.45, 7) is 0.604. The first-order valence-electron chi connectivity index (χ1n) is 8.76. The molecule has 0 saturated heterocycles. The van der Waals surface area contributed by atoms with E-state index in [1.807, 2.05) is 38.4 Å². The zero-order chi connectivity index (χ0) is 16.9. The van der Waals surface area contributed by atoms with Gasteiger partial charge in [0, 0.05) is 12.1 Å². The summed E-state index contributed by atoms with van der Waals surface area (Å²) in [4.78, 5) is 14.7. The molecule has 1 N–H and O–H groups in total. The first kappa shape index (κ1) is 16.7. The minimum atomic E-state index is 0.0196. The number of fused-ring (bicyclic) bond motifs is 1. The van der Waals surface area contributed by atoms with Crippen LogP contribution in [0.3, 0.4) is 0 Å². The van der Waals surface area contributed by atoms with E-state index >= 15 is 0 Å². The van der Waals surface area contributed by atoms with E-state index in [1.165, 1.54) is 29.5 Å². The second-order valence-electron chi connectivity index (χ2n) is 6.79. The first-order chi connectivity index (χ1) is 11.6. The fourth-order valence-corrected chi connectivity index (χ4v) is 3.44. The van der Waals surface area contributed by atoms with E-state index in [0.29, 0.717) is 6.54 Å². The highest BCUT2D eigenvalue weighted by Gasteiger charge is 2.17. The van der Waals surface area contributed by atoms with Crippen molar-refractivity contribution >= 4 is 5.91 Å². The lowest BCUT2D eigenvalue weighted by Crippen LogP contribution is -2.34. The van der Waals surface area contributed by atoms with Crippen molar-refractivity contribution in [1.82, 2.24) is 10.2 Å². The number of nitrogens with one attached hydrogen (secondary N) is 1. The Morgan fingerprint density at radius 3 is 2.46 bits per heavy atom. The van der Waals surface area contributed by atoms with E-state index in [2.05, 4.69) is 34.5 Å². The lowest BCUT2D eigenvalue weighted by atomic mass is 9.90. The average Bonchev–Trinajstić information content (AvgIpc) is 2.62. The maximum Gasteiger partial charge on any atom is 0.251 e. The monoisotopic (exact) mass is 322 g/mol. The van der Waals surface area contributed by atoms with Crippen molar-refractivity contribution in [1.29, 1.82) is 0 Å². The topological polar surface area (TPSA) is 32.3 Å². The molecule has 0 fully saturated rings. The zero-order valence-corrected chi connectivity index (χ0v) is 14.6. The molecule has 3 heteroatoms. The molecule has 0 aromatic heterocycles. The summed E-state index contributed by atoms with van der Waals surface area (Å²) in [6, 6.07) is 16.7. The third-order valence-electron chi connectivity index (χ3n) is 4.87. The Kier molecular flexibility index (Phi) is 5.31. The molecular formula is C21H26N2O. The van der Waals surface area contributed by atoms with Crippen LogP contribution in [0.25, 0.3) is 0 Å². The number of hydrogen-bond acceptors (Lipinski definition) is 2. The van der Waals surface area contributed by atoms with Gasteiger partial charge in [0.15, 0.2) is 0 Å². The van der Waals surface area contributed by atoms with E-state index in [1.54, 1.807) is 0 Å². The minimum Gasteiger partial charge on any atom is -0.350 e. The molecule has 1 aliphatic rings. The molecule has 0 spiro atoms. The lowest BCUT2D eigenvalue weighted by molar-refractivity contribution is 0.0942. The predicted octanol–water partition coefficient (Wildman–Crippen LogP) is 3.60. The van der Waals surface area contributed by atoms with Gasteiger partial charge in [-0.3, -0.25) is 4.79 Å². The van der Waals surface area contributed by atoms with Crippen molar-refractivity contribution in [2.24, 2.45) is 0 Å². The molecule has 0 radical (unpaired) electrons. The SMILES string of the molecule is CN(C)C(CNC(=O)c1ccc2c(c1)CCCC2)c1ccccc1. The first-order valence-corrected chi connectivity index (χ1v) is 8.76. The van der Waals surface area contributed by atoms with Gasteiger partial charge in [0.2, 0.25) is 0 Å². The molecule has 24 heavy (non-hydrogen) atoms. The van der Waals surface area contributed by atoms with Gasteiger partial charge in [0.1, 0.15) is 0 Å². The lowest BCUT2D eigenvalue weighted by Gasteiger charge is -2.25. The number of rotatable bonds is 5. The molecule has 3 rings (SSSR count). The normalized spacial score (nSPS) is 15.0. The number of amides is 1. The molecule has 1 amide bonds. The molecule has 1 aliphatic carbocycles. The van der Waals surface area contributed by atoms with Gasteiger partial charge in [-0.15, -0.1) is 0 Å². The fourth-order valence-electron chi connectivity index (χ4n) is 3.44. The highest BCUT2D eigenvalue weighted by Crippen LogP contribution is 2.22. The summed E-state index contributed by atoms with van der Waals surface area (Å²) < 4.78 is 0. The Bertz CT molecular complexity index is 694. The van der Waals surface area contributed by atoms with Crippen molar-refractivity contribution in [3.05, 3.63) is 70.8 Å². The van der Waals surface area contributed by atoms with Crippen LogP contribution in [0.1, 0.15) is 45.9 Å². The van der Waals surface area contributed by atoms with Crippen LogP contribution < -0.4 is 5.32 Å². The second kappa shape index (κ2) is 7.63. The second-order valence-corrected chi connectivity index (χ2v) is 6.79. The van der Waals surface area contributed by atoms with Crippen LogP contribution >= 0.6 is 0 Å². The van der Waals surface area contributed by atoms with Gasteiger partial charge in [0.25, 0.3) is 5.91 Å². The molecule has 126 valence electrons. The van der Waals surface area contributed by atoms with Crippen molar-refractivity contribution in [2.75, 3.05) is 20.6 Å². The molecule has 1 atom stereocenters. The Hall–Kier alpha value is -2.13. The molecule has 0 heterocycles. The van der Waals surface area contributed by atoms with Crippen LogP contribution in [-0.2, 0) is 12.8 Å². The summed E-state index contributed by atoms with van der Waals surface area (Å²) in [5.74, 6) is 0.0196. The molecule has 2 aromatic rings. The van der Waals surface area contributed by atoms with Gasteiger partial charge in [-0.25, -0.2) is 0 Å². The minimum absolute atomic E-state index is 0.0196. The third-order valence-corrected chi connectivity index (χ3v) is 4.87. The smallest absolute Gasteiger partial charge is 0.251 e. The van der Waals surface area contributed by atoms with Gasteiger partial charge in [-0.05, 0) is 68.6 Å². The number of hydrogen-bond donors (Lipinski definition) is 1. The standard InChI is InChI=1S/C21H26N2O/c1-23(2)20(17-9-4-3-5-10-17)15-22-21(24)19-13-12-16-8-6-7-11-18(16)14-19/h3-5,9-10,12-14,20H,6-8,11,15H2,1-2H3,(H,22,24). The van der Waals surface area contributed by atoms with E-state index in [4.69, 9.17) is 0 Å². The average molecular weight is 322 g/mol. The highest BCUT2D eigenvalue weighted by atomic mass is 16.1. The maximum atomic E-state index is 12.6. The van der Waals surface area contributed by atoms with Crippen molar-refractivity contribution < 1.29 is 4.79 Å². The van der Waals surface area contributed by atoms with Gasteiger partial charge < -0.3 is 10.2 Å². The van der Waals surface area contributed by atoms with Crippen LogP contribution in [-0.4, -0.2) is 31.4 Å². The van der Waals surface area contributed by atoms with Crippen LogP contribution in [0.15, 0.2) is 48.5 Å². The number of carbonyl (C=O) groups excluding carboxylic acids is 1. The third kappa shape index (κ3) is 3.85. The van der Waals surface area contributed by atoms with E-state index in [0.717, 1.165) is 18.4 Å². The Morgan fingerprint density at radius 1 is 1.04 bits per heavy atom. The van der Waals surface area contributed by atoms with Gasteiger partial charge in [0.05, 0.1) is 6.04 Å². The van der Waals surface area contributed by atoms with Crippen molar-refractivity contribution in [2.45, 2.75) is 31.7 Å². The number of benzene rings is 2. The molecule has 2 aromatic carbocycles. The molecule has 1 unspecified atom stereocenters. The predicted molar refractivity (Wildman–Crippen MR) is 98.3 cm³/mol. The van der Waals surface area contributed by atoms with Gasteiger partial charge in [-0.1, -0.05) is 36.4 Å². The zero-order valence-electron chi connectivity index (χ0n) is 14.6. The van der Waals surface area contributed by atoms with E-state index < -0.39 is 0 Å². The molecule has 0 bridgehead atoms. The summed E-state index contributed by atoms with van der Waals surface area (Å²) >= 11 is 0. The largest absolute Gasteiger partial charge is 0.350 e. The summed E-state index contributed by atoms with van der Waals surface area (Å²) in [6.07, 6.45) is 4.74. The number of aryl methyl sites for hydroxylation is 2. The fraction of sp³-hybridized carbons (Fsp3) is 0.381. The number of nitrogens with zero attached hydrogens (tertiary/aromatic N) is 1. The number of likely N-dealkylation sites (N-methyl/N-ethyl adjacent to an activating group) is 1.